The lowest BCUT2D eigenvalue weighted by Crippen LogP contribution is -2.44. The molecule has 1 aromatic carbocycles. The predicted octanol–water partition coefficient (Wildman–Crippen LogP) is 2.94. The van der Waals surface area contributed by atoms with Crippen molar-refractivity contribution in [2.24, 2.45) is 0 Å². The number of benzene rings is 1. The molecule has 2 N–H and O–H groups in total. The molecule has 0 aliphatic heterocycles. The van der Waals surface area contributed by atoms with Gasteiger partial charge in [0.1, 0.15) is 10.7 Å². The predicted molar refractivity (Wildman–Crippen MR) is 102 cm³/mol. The van der Waals surface area contributed by atoms with Crippen LogP contribution in [0.25, 0.3) is 10.2 Å². The van der Waals surface area contributed by atoms with Gasteiger partial charge in [0.15, 0.2) is 0 Å². The maximum absolute atomic E-state index is 12.4. The third-order valence-corrected chi connectivity index (χ3v) is 6.12. The zero-order chi connectivity index (χ0) is 18.2. The highest BCUT2D eigenvalue weighted by Crippen LogP contribution is 2.29. The van der Waals surface area contributed by atoms with Gasteiger partial charge in [-0.2, -0.15) is 0 Å². The molecule has 2 heterocycles. The van der Waals surface area contributed by atoms with Crippen molar-refractivity contribution < 1.29 is 5.11 Å². The van der Waals surface area contributed by atoms with Crippen LogP contribution in [0.5, 0.6) is 0 Å². The molecule has 0 spiro atoms. The summed E-state index contributed by atoms with van der Waals surface area (Å²) in [5.41, 5.74) is 1.36. The number of hydrogen-bond acceptors (Lipinski definition) is 5. The van der Waals surface area contributed by atoms with Crippen LogP contribution in [-0.2, 0) is 12.1 Å². The lowest BCUT2D eigenvalue weighted by molar-refractivity contribution is 0.0540. The molecule has 3 rings (SSSR count). The molecular formula is C19H23N3O2S. The van der Waals surface area contributed by atoms with Crippen LogP contribution in [0.2, 0.25) is 0 Å². The number of likely N-dealkylation sites (N-methyl/N-ethyl adjacent to an activating group) is 1. The molecule has 0 saturated carbocycles. The van der Waals surface area contributed by atoms with E-state index in [2.05, 4.69) is 9.97 Å². The minimum atomic E-state index is -0.559. The Kier molecular flexibility index (Phi) is 4.77. The van der Waals surface area contributed by atoms with Crippen LogP contribution in [0.3, 0.4) is 0 Å². The molecule has 0 unspecified atom stereocenters. The van der Waals surface area contributed by atoms with Crippen LogP contribution in [0, 0.1) is 13.8 Å². The SMILES string of the molecule is Cc1sc2nc(CN(C)[C@@](C)(CO)c3ccccc3)[nH]c(=O)c2c1C. The van der Waals surface area contributed by atoms with Gasteiger partial charge >= 0.3 is 0 Å². The standard InChI is InChI=1S/C19H23N3O2S/c1-12-13(2)25-18-16(12)17(24)20-15(21-18)10-22(4)19(3,11-23)14-8-6-5-7-9-14/h5-9,23H,10-11H2,1-4H3,(H,20,21,24)/t19-/m0/s1. The van der Waals surface area contributed by atoms with Gasteiger partial charge in [0.05, 0.1) is 24.1 Å². The minimum Gasteiger partial charge on any atom is -0.394 e. The Labute approximate surface area is 151 Å². The van der Waals surface area contributed by atoms with Gasteiger partial charge in [-0.3, -0.25) is 9.69 Å². The fourth-order valence-electron chi connectivity index (χ4n) is 3.00. The largest absolute Gasteiger partial charge is 0.394 e. The van der Waals surface area contributed by atoms with Crippen molar-refractivity contribution in [2.45, 2.75) is 32.9 Å². The molecule has 6 heteroatoms. The van der Waals surface area contributed by atoms with Crippen molar-refractivity contribution >= 4 is 21.6 Å². The third-order valence-electron chi connectivity index (χ3n) is 5.02. The first-order valence-electron chi connectivity index (χ1n) is 8.23. The summed E-state index contributed by atoms with van der Waals surface area (Å²) in [7, 11) is 1.93. The zero-order valence-electron chi connectivity index (χ0n) is 15.0. The number of aryl methyl sites for hydroxylation is 2. The third kappa shape index (κ3) is 3.13. The van der Waals surface area contributed by atoms with E-state index in [1.165, 1.54) is 0 Å². The molecule has 2 aromatic heterocycles. The average Bonchev–Trinajstić information content (AvgIpc) is 2.89. The van der Waals surface area contributed by atoms with Crippen LogP contribution >= 0.6 is 11.3 Å². The lowest BCUT2D eigenvalue weighted by Gasteiger charge is -2.37. The molecule has 5 nitrogen and oxygen atoms in total. The summed E-state index contributed by atoms with van der Waals surface area (Å²) in [5.74, 6) is 0.608. The van der Waals surface area contributed by atoms with Crippen molar-refractivity contribution in [3.63, 3.8) is 0 Å². The van der Waals surface area contributed by atoms with Crippen LogP contribution in [0.1, 0.15) is 28.8 Å². The summed E-state index contributed by atoms with van der Waals surface area (Å²) in [4.78, 5) is 23.9. The second-order valence-electron chi connectivity index (χ2n) is 6.63. The van der Waals surface area contributed by atoms with E-state index in [9.17, 15) is 9.90 Å². The maximum Gasteiger partial charge on any atom is 0.259 e. The molecule has 0 aliphatic rings. The molecule has 0 saturated heterocycles. The van der Waals surface area contributed by atoms with Crippen molar-refractivity contribution in [3.8, 4) is 0 Å². The van der Waals surface area contributed by atoms with Gasteiger partial charge in [-0.05, 0) is 38.9 Å². The van der Waals surface area contributed by atoms with Gasteiger partial charge in [0, 0.05) is 4.88 Å². The fourth-order valence-corrected chi connectivity index (χ4v) is 4.05. The van der Waals surface area contributed by atoms with Crippen molar-refractivity contribution in [2.75, 3.05) is 13.7 Å². The molecule has 0 bridgehead atoms. The van der Waals surface area contributed by atoms with Crippen molar-refractivity contribution in [1.82, 2.24) is 14.9 Å². The highest BCUT2D eigenvalue weighted by molar-refractivity contribution is 7.18. The van der Waals surface area contributed by atoms with Crippen LogP contribution in [-0.4, -0.2) is 33.6 Å². The number of aliphatic hydroxyl groups is 1. The van der Waals surface area contributed by atoms with Crippen LogP contribution < -0.4 is 5.56 Å². The quantitative estimate of drug-likeness (QED) is 0.737. The van der Waals surface area contributed by atoms with E-state index in [0.717, 1.165) is 20.8 Å². The topological polar surface area (TPSA) is 69.2 Å². The Bertz CT molecular complexity index is 948. The second-order valence-corrected chi connectivity index (χ2v) is 7.83. The molecule has 0 radical (unpaired) electrons. The Morgan fingerprint density at radius 2 is 1.96 bits per heavy atom. The normalized spacial score (nSPS) is 14.2. The van der Waals surface area contributed by atoms with E-state index in [0.29, 0.717) is 17.8 Å². The molecular weight excluding hydrogens is 334 g/mol. The molecule has 25 heavy (non-hydrogen) atoms. The molecule has 1 atom stereocenters. The maximum atomic E-state index is 12.4. The number of thiophene rings is 1. The monoisotopic (exact) mass is 357 g/mol. The number of fused-ring (bicyclic) bond motifs is 1. The lowest BCUT2D eigenvalue weighted by atomic mass is 9.91. The van der Waals surface area contributed by atoms with Gasteiger partial charge in [0.25, 0.3) is 5.56 Å². The number of rotatable bonds is 5. The highest BCUT2D eigenvalue weighted by atomic mass is 32.1. The number of nitrogens with zero attached hydrogens (tertiary/aromatic N) is 2. The van der Waals surface area contributed by atoms with E-state index in [1.54, 1.807) is 11.3 Å². The summed E-state index contributed by atoms with van der Waals surface area (Å²) in [5, 5.41) is 10.7. The molecule has 3 aromatic rings. The number of hydrogen-bond donors (Lipinski definition) is 2. The van der Waals surface area contributed by atoms with Crippen molar-refractivity contribution in [1.29, 1.82) is 0 Å². The average molecular weight is 357 g/mol. The number of aromatic nitrogens is 2. The van der Waals surface area contributed by atoms with Gasteiger partial charge in [0.2, 0.25) is 0 Å². The van der Waals surface area contributed by atoms with Crippen molar-refractivity contribution in [3.05, 3.63) is 62.5 Å². The zero-order valence-corrected chi connectivity index (χ0v) is 15.8. The summed E-state index contributed by atoms with van der Waals surface area (Å²) < 4.78 is 0. The van der Waals surface area contributed by atoms with Gasteiger partial charge in [-0.15, -0.1) is 11.3 Å². The molecule has 0 amide bonds. The molecule has 132 valence electrons. The Hall–Kier alpha value is -2.02. The smallest absolute Gasteiger partial charge is 0.259 e. The second kappa shape index (κ2) is 6.71. The first-order chi connectivity index (χ1) is 11.9. The summed E-state index contributed by atoms with van der Waals surface area (Å²) >= 11 is 1.54. The number of aliphatic hydroxyl groups excluding tert-OH is 1. The molecule has 0 aliphatic carbocycles. The summed E-state index contributed by atoms with van der Waals surface area (Å²) in [6, 6.07) is 9.87. The number of nitrogens with one attached hydrogen (secondary N) is 1. The minimum absolute atomic E-state index is 0.0305. The Balaban J connectivity index is 1.96. The Morgan fingerprint density at radius 1 is 1.28 bits per heavy atom. The highest BCUT2D eigenvalue weighted by Gasteiger charge is 2.31. The van der Waals surface area contributed by atoms with E-state index in [4.69, 9.17) is 0 Å². The summed E-state index contributed by atoms with van der Waals surface area (Å²) in [6.07, 6.45) is 0. The van der Waals surface area contributed by atoms with E-state index < -0.39 is 5.54 Å². The van der Waals surface area contributed by atoms with Gasteiger partial charge in [-0.25, -0.2) is 4.98 Å². The van der Waals surface area contributed by atoms with Crippen LogP contribution in [0.15, 0.2) is 35.1 Å². The first-order valence-corrected chi connectivity index (χ1v) is 9.05. The van der Waals surface area contributed by atoms with E-state index >= 15 is 0 Å². The summed E-state index contributed by atoms with van der Waals surface area (Å²) in [6.45, 7) is 6.35. The van der Waals surface area contributed by atoms with E-state index in [-0.39, 0.29) is 12.2 Å². The molecule has 0 fully saturated rings. The number of H-pyrrole nitrogens is 1. The van der Waals surface area contributed by atoms with Crippen LogP contribution in [0.4, 0.5) is 0 Å². The fraction of sp³-hybridized carbons (Fsp3) is 0.368. The Morgan fingerprint density at radius 3 is 2.60 bits per heavy atom. The van der Waals surface area contributed by atoms with E-state index in [1.807, 2.05) is 63.1 Å². The number of aromatic amines is 1. The first kappa shape index (κ1) is 17.8. The van der Waals surface area contributed by atoms with Gasteiger partial charge < -0.3 is 10.1 Å². The van der Waals surface area contributed by atoms with Gasteiger partial charge in [-0.1, -0.05) is 30.3 Å².